The summed E-state index contributed by atoms with van der Waals surface area (Å²) in [5.74, 6) is 0. The summed E-state index contributed by atoms with van der Waals surface area (Å²) in [4.78, 5) is 0. The molecule has 0 rings (SSSR count). The first kappa shape index (κ1) is 13.4. The van der Waals surface area contributed by atoms with Crippen LogP contribution in [0.4, 0.5) is 0 Å². The van der Waals surface area contributed by atoms with E-state index in [1.54, 1.807) is 0 Å². The standard InChI is InChI=1S/C10H21N3S/c1-4-7-10(5-2,6-3)8-12-13-9(11)14/h8H,4-7H2,1-3H3,(H3,11,13,14)/b12-8-. The van der Waals surface area contributed by atoms with E-state index in [0.29, 0.717) is 0 Å². The van der Waals surface area contributed by atoms with Gasteiger partial charge in [0.2, 0.25) is 0 Å². The van der Waals surface area contributed by atoms with E-state index in [1.807, 2.05) is 6.21 Å². The molecule has 0 heterocycles. The Hall–Kier alpha value is -0.640. The molecule has 0 radical (unpaired) electrons. The molecule has 0 aliphatic heterocycles. The highest BCUT2D eigenvalue weighted by molar-refractivity contribution is 7.80. The van der Waals surface area contributed by atoms with Crippen molar-refractivity contribution in [3.8, 4) is 0 Å². The second-order valence-corrected chi connectivity index (χ2v) is 3.99. The van der Waals surface area contributed by atoms with E-state index in [2.05, 4.69) is 43.5 Å². The zero-order valence-electron chi connectivity index (χ0n) is 9.34. The SMILES string of the molecule is CCCC(/C=N\NC(N)=S)(CC)CC. The van der Waals surface area contributed by atoms with Crippen LogP contribution in [0.2, 0.25) is 0 Å². The Morgan fingerprint density at radius 2 is 2.00 bits per heavy atom. The molecule has 0 saturated carbocycles. The van der Waals surface area contributed by atoms with Crippen molar-refractivity contribution >= 4 is 23.5 Å². The number of nitrogens with one attached hydrogen (secondary N) is 1. The molecule has 3 N–H and O–H groups in total. The summed E-state index contributed by atoms with van der Waals surface area (Å²) in [5, 5.41) is 4.28. The molecule has 0 aromatic rings. The van der Waals surface area contributed by atoms with Crippen LogP contribution in [-0.2, 0) is 0 Å². The summed E-state index contributed by atoms with van der Waals surface area (Å²) in [6, 6.07) is 0. The minimum Gasteiger partial charge on any atom is -0.375 e. The number of hydrogen-bond acceptors (Lipinski definition) is 2. The molecule has 0 saturated heterocycles. The number of hydrazone groups is 1. The number of hydrogen-bond donors (Lipinski definition) is 2. The third-order valence-electron chi connectivity index (χ3n) is 2.67. The van der Waals surface area contributed by atoms with Gasteiger partial charge >= 0.3 is 0 Å². The predicted octanol–water partition coefficient (Wildman–Crippen LogP) is 2.41. The summed E-state index contributed by atoms with van der Waals surface area (Å²) < 4.78 is 0. The number of rotatable bonds is 6. The maximum Gasteiger partial charge on any atom is 0.184 e. The Kier molecular flexibility index (Phi) is 6.45. The van der Waals surface area contributed by atoms with Crippen LogP contribution in [0.1, 0.15) is 46.5 Å². The first-order valence-electron chi connectivity index (χ1n) is 5.20. The Morgan fingerprint density at radius 1 is 1.43 bits per heavy atom. The maximum atomic E-state index is 5.29. The van der Waals surface area contributed by atoms with Crippen LogP contribution in [0, 0.1) is 5.41 Å². The lowest BCUT2D eigenvalue weighted by Gasteiger charge is -2.26. The van der Waals surface area contributed by atoms with Gasteiger partial charge in [0.25, 0.3) is 0 Å². The molecule has 0 bridgehead atoms. The lowest BCUT2D eigenvalue weighted by atomic mass is 9.80. The van der Waals surface area contributed by atoms with Crippen molar-refractivity contribution in [2.24, 2.45) is 16.3 Å². The molecule has 0 aliphatic carbocycles. The fourth-order valence-corrected chi connectivity index (χ4v) is 1.63. The van der Waals surface area contributed by atoms with Gasteiger partial charge in [-0.25, -0.2) is 0 Å². The smallest absolute Gasteiger partial charge is 0.184 e. The molecule has 0 aliphatic rings. The van der Waals surface area contributed by atoms with Crippen molar-refractivity contribution in [1.82, 2.24) is 5.43 Å². The molecule has 0 spiro atoms. The second-order valence-electron chi connectivity index (χ2n) is 3.55. The monoisotopic (exact) mass is 215 g/mol. The summed E-state index contributed by atoms with van der Waals surface area (Å²) in [7, 11) is 0. The van der Waals surface area contributed by atoms with Crippen molar-refractivity contribution in [2.75, 3.05) is 0 Å². The van der Waals surface area contributed by atoms with Crippen LogP contribution < -0.4 is 11.2 Å². The normalized spacial score (nSPS) is 11.9. The van der Waals surface area contributed by atoms with Gasteiger partial charge in [-0.05, 0) is 31.5 Å². The summed E-state index contributed by atoms with van der Waals surface area (Å²) in [6.07, 6.45) is 6.47. The molecule has 4 heteroatoms. The van der Waals surface area contributed by atoms with Crippen molar-refractivity contribution in [2.45, 2.75) is 46.5 Å². The molecular formula is C10H21N3S. The molecule has 0 fully saturated rings. The molecule has 0 atom stereocenters. The van der Waals surface area contributed by atoms with Crippen molar-refractivity contribution in [3.63, 3.8) is 0 Å². The molecule has 0 unspecified atom stereocenters. The minimum atomic E-state index is 0.201. The highest BCUT2D eigenvalue weighted by atomic mass is 32.1. The predicted molar refractivity (Wildman–Crippen MR) is 66.3 cm³/mol. The highest BCUT2D eigenvalue weighted by Gasteiger charge is 2.22. The summed E-state index contributed by atoms with van der Waals surface area (Å²) in [5.41, 5.74) is 8.09. The van der Waals surface area contributed by atoms with Crippen LogP contribution in [0.25, 0.3) is 0 Å². The van der Waals surface area contributed by atoms with Gasteiger partial charge in [0, 0.05) is 11.6 Å². The first-order valence-corrected chi connectivity index (χ1v) is 5.60. The van der Waals surface area contributed by atoms with Crippen molar-refractivity contribution < 1.29 is 0 Å². The Morgan fingerprint density at radius 3 is 2.36 bits per heavy atom. The first-order chi connectivity index (χ1) is 6.60. The van der Waals surface area contributed by atoms with Crippen LogP contribution in [0.15, 0.2) is 5.10 Å². The van der Waals surface area contributed by atoms with E-state index in [4.69, 9.17) is 5.73 Å². The number of nitrogens with zero attached hydrogens (tertiary/aromatic N) is 1. The second kappa shape index (κ2) is 6.76. The van der Waals surface area contributed by atoms with Gasteiger partial charge in [-0.15, -0.1) is 0 Å². The van der Waals surface area contributed by atoms with Gasteiger partial charge in [-0.2, -0.15) is 5.10 Å². The average Bonchev–Trinajstić information content (AvgIpc) is 2.16. The van der Waals surface area contributed by atoms with Crippen LogP contribution in [0.3, 0.4) is 0 Å². The Bertz CT molecular complexity index is 198. The van der Waals surface area contributed by atoms with E-state index in [9.17, 15) is 0 Å². The minimum absolute atomic E-state index is 0.201. The number of thiocarbonyl (C=S) groups is 1. The van der Waals surface area contributed by atoms with Gasteiger partial charge in [0.05, 0.1) is 0 Å². The average molecular weight is 215 g/mol. The van der Waals surface area contributed by atoms with Gasteiger partial charge in [-0.3, -0.25) is 5.43 Å². The molecule has 14 heavy (non-hydrogen) atoms. The van der Waals surface area contributed by atoms with E-state index >= 15 is 0 Å². The molecule has 0 aromatic heterocycles. The van der Waals surface area contributed by atoms with Gasteiger partial charge in [0.15, 0.2) is 5.11 Å². The van der Waals surface area contributed by atoms with Gasteiger partial charge in [0.1, 0.15) is 0 Å². The van der Waals surface area contributed by atoms with Gasteiger partial charge in [-0.1, -0.05) is 27.2 Å². The maximum absolute atomic E-state index is 5.29. The van der Waals surface area contributed by atoms with E-state index in [-0.39, 0.29) is 10.5 Å². The largest absolute Gasteiger partial charge is 0.375 e. The quantitative estimate of drug-likeness (QED) is 0.406. The lowest BCUT2D eigenvalue weighted by Crippen LogP contribution is -2.27. The summed E-state index contributed by atoms with van der Waals surface area (Å²) in [6.45, 7) is 6.56. The molecule has 0 amide bonds. The van der Waals surface area contributed by atoms with E-state index < -0.39 is 0 Å². The lowest BCUT2D eigenvalue weighted by molar-refractivity contribution is 0.361. The van der Waals surface area contributed by atoms with Crippen molar-refractivity contribution in [1.29, 1.82) is 0 Å². The van der Waals surface area contributed by atoms with Crippen molar-refractivity contribution in [3.05, 3.63) is 0 Å². The fourth-order valence-electron chi connectivity index (χ4n) is 1.58. The third kappa shape index (κ3) is 4.56. The number of nitrogens with two attached hydrogens (primary N) is 1. The molecular weight excluding hydrogens is 194 g/mol. The van der Waals surface area contributed by atoms with Crippen LogP contribution in [0.5, 0.6) is 0 Å². The zero-order valence-corrected chi connectivity index (χ0v) is 10.2. The summed E-state index contributed by atoms with van der Waals surface area (Å²) >= 11 is 4.67. The fraction of sp³-hybridized carbons (Fsp3) is 0.800. The van der Waals surface area contributed by atoms with E-state index in [1.165, 1.54) is 6.42 Å². The highest BCUT2D eigenvalue weighted by Crippen LogP contribution is 2.29. The van der Waals surface area contributed by atoms with Crippen LogP contribution >= 0.6 is 12.2 Å². The Balaban J connectivity index is 4.32. The molecule has 0 aromatic carbocycles. The third-order valence-corrected chi connectivity index (χ3v) is 2.76. The van der Waals surface area contributed by atoms with E-state index in [0.717, 1.165) is 19.3 Å². The van der Waals surface area contributed by atoms with Crippen LogP contribution in [-0.4, -0.2) is 11.3 Å². The molecule has 3 nitrogen and oxygen atoms in total. The zero-order chi connectivity index (χ0) is 11.0. The Labute approximate surface area is 92.1 Å². The molecule has 82 valence electrons. The van der Waals surface area contributed by atoms with Gasteiger partial charge < -0.3 is 5.73 Å². The topological polar surface area (TPSA) is 50.4 Å².